The molecule has 27 heavy (non-hydrogen) atoms. The maximum absolute atomic E-state index is 12.4. The highest BCUT2D eigenvalue weighted by molar-refractivity contribution is 7.09. The zero-order valence-corrected chi connectivity index (χ0v) is 17.0. The minimum absolute atomic E-state index is 0.238. The summed E-state index contributed by atoms with van der Waals surface area (Å²) in [6, 6.07) is 0.478. The Morgan fingerprint density at radius 3 is 2.74 bits per heavy atom. The lowest BCUT2D eigenvalue weighted by molar-refractivity contribution is -0.142. The SMILES string of the molecule is COC[C@H]1CCCN1Cc1nc(C2(O)CCN(C(=O)C3CCC3)CC2)cs1. The summed E-state index contributed by atoms with van der Waals surface area (Å²) in [6.07, 6.45) is 6.82. The van der Waals surface area contributed by atoms with Gasteiger partial charge < -0.3 is 14.7 Å². The van der Waals surface area contributed by atoms with Gasteiger partial charge in [0.2, 0.25) is 5.91 Å². The van der Waals surface area contributed by atoms with E-state index in [-0.39, 0.29) is 5.92 Å². The number of ether oxygens (including phenoxy) is 1. The third kappa shape index (κ3) is 4.06. The number of amides is 1. The molecule has 150 valence electrons. The number of nitrogens with zero attached hydrogens (tertiary/aromatic N) is 3. The van der Waals surface area contributed by atoms with Gasteiger partial charge in [-0.1, -0.05) is 6.42 Å². The van der Waals surface area contributed by atoms with Gasteiger partial charge in [0.1, 0.15) is 10.6 Å². The molecule has 0 bridgehead atoms. The van der Waals surface area contributed by atoms with E-state index in [1.54, 1.807) is 18.4 Å². The first-order chi connectivity index (χ1) is 13.1. The van der Waals surface area contributed by atoms with E-state index in [0.29, 0.717) is 37.9 Å². The van der Waals surface area contributed by atoms with E-state index in [0.717, 1.165) is 43.2 Å². The van der Waals surface area contributed by atoms with Crippen LogP contribution in [0.3, 0.4) is 0 Å². The molecule has 0 aromatic carbocycles. The fourth-order valence-corrected chi connectivity index (χ4v) is 5.43. The quantitative estimate of drug-likeness (QED) is 0.804. The number of likely N-dealkylation sites (tertiary alicyclic amines) is 2. The molecule has 3 aliphatic rings. The molecule has 1 amide bonds. The standard InChI is InChI=1S/C20H31N3O3S/c1-26-13-16-6-3-9-23(16)12-18-21-17(14-27-18)20(25)7-10-22(11-8-20)19(24)15-4-2-5-15/h14-16,25H,2-13H2,1H3/t16-/m1/s1. The predicted octanol–water partition coefficient (Wildman–Crippen LogP) is 2.36. The van der Waals surface area contributed by atoms with Crippen LogP contribution in [0.4, 0.5) is 0 Å². The molecule has 1 atom stereocenters. The Bertz CT molecular complexity index is 653. The first-order valence-electron chi connectivity index (χ1n) is 10.3. The van der Waals surface area contributed by atoms with Crippen molar-refractivity contribution >= 4 is 17.2 Å². The number of hydrogen-bond acceptors (Lipinski definition) is 6. The zero-order valence-electron chi connectivity index (χ0n) is 16.2. The molecular weight excluding hydrogens is 362 g/mol. The topological polar surface area (TPSA) is 65.9 Å². The van der Waals surface area contributed by atoms with Crippen molar-refractivity contribution in [2.24, 2.45) is 5.92 Å². The minimum atomic E-state index is -0.887. The highest BCUT2D eigenvalue weighted by Crippen LogP contribution is 2.36. The van der Waals surface area contributed by atoms with E-state index in [4.69, 9.17) is 9.72 Å². The lowest BCUT2D eigenvalue weighted by Crippen LogP contribution is -2.48. The van der Waals surface area contributed by atoms with E-state index in [9.17, 15) is 9.90 Å². The van der Waals surface area contributed by atoms with Crippen molar-refractivity contribution in [3.05, 3.63) is 16.1 Å². The molecule has 2 aliphatic heterocycles. The first-order valence-corrected chi connectivity index (χ1v) is 11.2. The first kappa shape index (κ1) is 19.3. The van der Waals surface area contributed by atoms with Crippen LogP contribution in [0.5, 0.6) is 0 Å². The van der Waals surface area contributed by atoms with Gasteiger partial charge in [-0.15, -0.1) is 11.3 Å². The molecule has 3 fully saturated rings. The molecule has 1 aromatic heterocycles. The number of piperidine rings is 1. The Balaban J connectivity index is 1.34. The fraction of sp³-hybridized carbons (Fsp3) is 0.800. The Kier molecular flexibility index (Phi) is 5.83. The number of aromatic nitrogens is 1. The molecule has 4 rings (SSSR count). The van der Waals surface area contributed by atoms with Crippen molar-refractivity contribution in [1.82, 2.24) is 14.8 Å². The molecule has 1 N–H and O–H groups in total. The average Bonchev–Trinajstić information content (AvgIpc) is 3.25. The van der Waals surface area contributed by atoms with E-state index < -0.39 is 5.60 Å². The normalized spacial score (nSPS) is 26.3. The summed E-state index contributed by atoms with van der Waals surface area (Å²) in [5, 5.41) is 14.2. The highest BCUT2D eigenvalue weighted by Gasteiger charge is 2.39. The molecule has 6 nitrogen and oxygen atoms in total. The van der Waals surface area contributed by atoms with Gasteiger partial charge >= 0.3 is 0 Å². The Hall–Kier alpha value is -1.02. The summed E-state index contributed by atoms with van der Waals surface area (Å²) in [5.74, 6) is 0.531. The molecule has 1 aliphatic carbocycles. The lowest BCUT2D eigenvalue weighted by atomic mass is 9.82. The van der Waals surface area contributed by atoms with Crippen LogP contribution >= 0.6 is 11.3 Å². The highest BCUT2D eigenvalue weighted by atomic mass is 32.1. The van der Waals surface area contributed by atoms with Crippen LogP contribution in [0.15, 0.2) is 5.38 Å². The van der Waals surface area contributed by atoms with Crippen molar-refractivity contribution in [1.29, 1.82) is 0 Å². The molecular formula is C20H31N3O3S. The van der Waals surface area contributed by atoms with Crippen molar-refractivity contribution in [2.45, 2.75) is 63.1 Å². The van der Waals surface area contributed by atoms with Gasteiger partial charge in [0.05, 0.1) is 18.8 Å². The molecule has 3 heterocycles. The van der Waals surface area contributed by atoms with Gasteiger partial charge in [-0.05, 0) is 45.1 Å². The molecule has 0 spiro atoms. The second-order valence-electron chi connectivity index (χ2n) is 8.33. The smallest absolute Gasteiger partial charge is 0.225 e. The second kappa shape index (κ2) is 8.15. The maximum Gasteiger partial charge on any atom is 0.225 e. The molecule has 2 saturated heterocycles. The number of carbonyl (C=O) groups is 1. The van der Waals surface area contributed by atoms with Crippen molar-refractivity contribution in [2.75, 3.05) is 33.4 Å². The van der Waals surface area contributed by atoms with E-state index in [1.807, 2.05) is 10.3 Å². The summed E-state index contributed by atoms with van der Waals surface area (Å²) in [4.78, 5) is 21.6. The monoisotopic (exact) mass is 393 g/mol. The summed E-state index contributed by atoms with van der Waals surface area (Å²) >= 11 is 1.64. The molecule has 7 heteroatoms. The van der Waals surface area contributed by atoms with Crippen LogP contribution in [-0.4, -0.2) is 65.2 Å². The van der Waals surface area contributed by atoms with E-state index in [2.05, 4.69) is 4.90 Å². The van der Waals surface area contributed by atoms with Crippen LogP contribution in [0.1, 0.15) is 55.6 Å². The Labute approximate surface area is 165 Å². The van der Waals surface area contributed by atoms with Crippen molar-refractivity contribution in [3.63, 3.8) is 0 Å². The van der Waals surface area contributed by atoms with Gasteiger partial charge in [-0.2, -0.15) is 0 Å². The van der Waals surface area contributed by atoms with Gasteiger partial charge in [0, 0.05) is 37.5 Å². The lowest BCUT2D eigenvalue weighted by Gasteiger charge is -2.40. The zero-order chi connectivity index (χ0) is 18.9. The Morgan fingerprint density at radius 1 is 1.30 bits per heavy atom. The van der Waals surface area contributed by atoms with Crippen LogP contribution in [0, 0.1) is 5.92 Å². The van der Waals surface area contributed by atoms with E-state index >= 15 is 0 Å². The number of methoxy groups -OCH3 is 1. The molecule has 1 aromatic rings. The second-order valence-corrected chi connectivity index (χ2v) is 9.28. The third-order valence-corrected chi connectivity index (χ3v) is 7.42. The number of carbonyl (C=O) groups excluding carboxylic acids is 1. The Morgan fingerprint density at radius 2 is 2.07 bits per heavy atom. The molecule has 0 unspecified atom stereocenters. The number of hydrogen-bond donors (Lipinski definition) is 1. The largest absolute Gasteiger partial charge is 0.383 e. The summed E-state index contributed by atoms with van der Waals surface area (Å²) in [7, 11) is 1.76. The van der Waals surface area contributed by atoms with E-state index in [1.165, 1.54) is 19.3 Å². The number of thiazole rings is 1. The van der Waals surface area contributed by atoms with Crippen LogP contribution in [-0.2, 0) is 21.7 Å². The molecule has 0 radical (unpaired) electrons. The fourth-order valence-electron chi connectivity index (χ4n) is 4.52. The van der Waals surface area contributed by atoms with Gasteiger partial charge in [-0.3, -0.25) is 9.69 Å². The van der Waals surface area contributed by atoms with Crippen molar-refractivity contribution < 1.29 is 14.6 Å². The van der Waals surface area contributed by atoms with Gasteiger partial charge in [-0.25, -0.2) is 4.98 Å². The maximum atomic E-state index is 12.4. The minimum Gasteiger partial charge on any atom is -0.383 e. The van der Waals surface area contributed by atoms with Crippen LogP contribution in [0.2, 0.25) is 0 Å². The predicted molar refractivity (Wildman–Crippen MR) is 104 cm³/mol. The molecule has 1 saturated carbocycles. The van der Waals surface area contributed by atoms with Gasteiger partial charge in [0.15, 0.2) is 0 Å². The summed E-state index contributed by atoms with van der Waals surface area (Å²) < 4.78 is 5.34. The third-order valence-electron chi connectivity index (χ3n) is 6.58. The summed E-state index contributed by atoms with van der Waals surface area (Å²) in [6.45, 7) is 3.97. The van der Waals surface area contributed by atoms with Crippen LogP contribution in [0.25, 0.3) is 0 Å². The number of rotatable bonds is 6. The van der Waals surface area contributed by atoms with Gasteiger partial charge in [0.25, 0.3) is 0 Å². The van der Waals surface area contributed by atoms with Crippen molar-refractivity contribution in [3.8, 4) is 0 Å². The summed E-state index contributed by atoms with van der Waals surface area (Å²) in [5.41, 5.74) is -0.0945. The number of aliphatic hydroxyl groups is 1. The van der Waals surface area contributed by atoms with Crippen LogP contribution < -0.4 is 0 Å². The average molecular weight is 394 g/mol.